The summed E-state index contributed by atoms with van der Waals surface area (Å²) >= 11 is 0. The Bertz CT molecular complexity index is 1060. The Hall–Kier alpha value is -2.59. The summed E-state index contributed by atoms with van der Waals surface area (Å²) in [5, 5.41) is 1.60. The van der Waals surface area contributed by atoms with Crippen molar-refractivity contribution in [2.75, 3.05) is 0 Å². The Labute approximate surface area is 180 Å². The van der Waals surface area contributed by atoms with Gasteiger partial charge in [-0.3, -0.25) is 0 Å². The standard InChI is InChI=1S/C29H31F/c1-3-5-26-17-18-27-20-23(12-19-28(27)29(26)30)7-6-22-10-15-25(16-11-22)24-13-8-21(4-2)9-14-24/h10-12,15-21,24H,3-5,8-9,13-14H2,1-2H3. The van der Waals surface area contributed by atoms with Crippen LogP contribution in [-0.4, -0.2) is 0 Å². The van der Waals surface area contributed by atoms with E-state index >= 15 is 0 Å². The highest BCUT2D eigenvalue weighted by Gasteiger charge is 2.20. The third-order valence-corrected chi connectivity index (χ3v) is 6.71. The molecule has 30 heavy (non-hydrogen) atoms. The largest absolute Gasteiger partial charge is 0.206 e. The predicted octanol–water partition coefficient (Wildman–Crippen LogP) is 8.02. The number of hydrogen-bond acceptors (Lipinski definition) is 0. The van der Waals surface area contributed by atoms with Crippen molar-refractivity contribution in [3.05, 3.63) is 82.7 Å². The molecule has 0 amide bonds. The molecule has 1 saturated carbocycles. The van der Waals surface area contributed by atoms with Crippen LogP contribution in [0.2, 0.25) is 0 Å². The van der Waals surface area contributed by atoms with Gasteiger partial charge in [-0.05, 0) is 84.7 Å². The molecule has 0 N–H and O–H groups in total. The molecule has 1 heteroatoms. The van der Waals surface area contributed by atoms with Crippen LogP contribution in [0.15, 0.2) is 54.6 Å². The normalized spacial score (nSPS) is 18.8. The van der Waals surface area contributed by atoms with Crippen molar-refractivity contribution in [3.8, 4) is 11.8 Å². The van der Waals surface area contributed by atoms with Gasteiger partial charge in [0.25, 0.3) is 0 Å². The summed E-state index contributed by atoms with van der Waals surface area (Å²) in [5.74, 6) is 8.08. The fourth-order valence-electron chi connectivity index (χ4n) is 4.76. The van der Waals surface area contributed by atoms with Gasteiger partial charge < -0.3 is 0 Å². The summed E-state index contributed by atoms with van der Waals surface area (Å²) < 4.78 is 14.6. The molecule has 0 saturated heterocycles. The number of rotatable bonds is 4. The molecule has 3 aromatic rings. The Morgan fingerprint density at radius 2 is 1.53 bits per heavy atom. The third kappa shape index (κ3) is 4.59. The lowest BCUT2D eigenvalue weighted by atomic mass is 9.78. The van der Waals surface area contributed by atoms with Crippen LogP contribution in [-0.2, 0) is 6.42 Å². The number of benzene rings is 3. The van der Waals surface area contributed by atoms with Crippen LogP contribution in [0, 0.1) is 23.6 Å². The molecule has 1 fully saturated rings. The van der Waals surface area contributed by atoms with Gasteiger partial charge in [0.2, 0.25) is 0 Å². The Morgan fingerprint density at radius 1 is 0.833 bits per heavy atom. The number of fused-ring (bicyclic) bond motifs is 1. The van der Waals surface area contributed by atoms with Crippen molar-refractivity contribution < 1.29 is 4.39 Å². The van der Waals surface area contributed by atoms with Gasteiger partial charge >= 0.3 is 0 Å². The fraction of sp³-hybridized carbons (Fsp3) is 0.379. The van der Waals surface area contributed by atoms with Gasteiger partial charge in [0.1, 0.15) is 5.82 Å². The minimum absolute atomic E-state index is 0.0857. The van der Waals surface area contributed by atoms with Crippen LogP contribution in [0.3, 0.4) is 0 Å². The Kier molecular flexibility index (Phi) is 6.53. The van der Waals surface area contributed by atoms with Crippen LogP contribution in [0.5, 0.6) is 0 Å². The monoisotopic (exact) mass is 398 g/mol. The second kappa shape index (κ2) is 9.48. The maximum absolute atomic E-state index is 14.6. The average Bonchev–Trinajstić information content (AvgIpc) is 2.80. The molecule has 0 nitrogen and oxygen atoms in total. The second-order valence-electron chi connectivity index (χ2n) is 8.72. The third-order valence-electron chi connectivity index (χ3n) is 6.71. The molecular weight excluding hydrogens is 367 g/mol. The van der Waals surface area contributed by atoms with Crippen LogP contribution in [0.1, 0.15) is 80.5 Å². The smallest absolute Gasteiger partial charge is 0.134 e. The topological polar surface area (TPSA) is 0 Å². The molecule has 4 rings (SSSR count). The predicted molar refractivity (Wildman–Crippen MR) is 125 cm³/mol. The minimum atomic E-state index is -0.0857. The van der Waals surface area contributed by atoms with E-state index in [1.165, 1.54) is 37.7 Å². The van der Waals surface area contributed by atoms with E-state index in [9.17, 15) is 4.39 Å². The summed E-state index contributed by atoms with van der Waals surface area (Å²) in [6.45, 7) is 4.39. The SMILES string of the molecule is CCCc1ccc2cc(C#Cc3ccc(C4CCC(CC)CC4)cc3)ccc2c1F. The van der Waals surface area contributed by atoms with Gasteiger partial charge in [-0.15, -0.1) is 0 Å². The maximum atomic E-state index is 14.6. The first-order valence-corrected chi connectivity index (χ1v) is 11.5. The number of aryl methyl sites for hydroxylation is 1. The maximum Gasteiger partial charge on any atom is 0.134 e. The molecule has 0 atom stereocenters. The molecule has 154 valence electrons. The summed E-state index contributed by atoms with van der Waals surface area (Å²) in [5.41, 5.74) is 4.21. The molecule has 0 aromatic heterocycles. The summed E-state index contributed by atoms with van der Waals surface area (Å²) in [6.07, 6.45) is 8.41. The van der Waals surface area contributed by atoms with Crippen LogP contribution in [0.4, 0.5) is 4.39 Å². The van der Waals surface area contributed by atoms with E-state index < -0.39 is 0 Å². The Morgan fingerprint density at radius 3 is 2.23 bits per heavy atom. The zero-order chi connectivity index (χ0) is 20.9. The Balaban J connectivity index is 1.48. The summed E-state index contributed by atoms with van der Waals surface area (Å²) in [7, 11) is 0. The highest BCUT2D eigenvalue weighted by atomic mass is 19.1. The molecule has 1 aliphatic carbocycles. The lowest BCUT2D eigenvalue weighted by Crippen LogP contribution is -2.12. The van der Waals surface area contributed by atoms with Crippen molar-refractivity contribution >= 4 is 10.8 Å². The molecule has 0 heterocycles. The van der Waals surface area contributed by atoms with Gasteiger partial charge in [0.15, 0.2) is 0 Å². The lowest BCUT2D eigenvalue weighted by Gasteiger charge is -2.28. The van der Waals surface area contributed by atoms with Crippen LogP contribution >= 0.6 is 0 Å². The molecule has 0 bridgehead atoms. The molecule has 0 radical (unpaired) electrons. The van der Waals surface area contributed by atoms with Gasteiger partial charge in [-0.1, -0.05) is 68.9 Å². The van der Waals surface area contributed by atoms with E-state index in [1.807, 2.05) is 30.3 Å². The van der Waals surface area contributed by atoms with Crippen molar-refractivity contribution in [1.82, 2.24) is 0 Å². The molecule has 0 aliphatic heterocycles. The van der Waals surface area contributed by atoms with Crippen molar-refractivity contribution in [2.45, 2.75) is 64.7 Å². The van der Waals surface area contributed by atoms with Crippen LogP contribution in [0.25, 0.3) is 10.8 Å². The zero-order valence-electron chi connectivity index (χ0n) is 18.2. The zero-order valence-corrected chi connectivity index (χ0v) is 18.2. The van der Waals surface area contributed by atoms with E-state index in [0.717, 1.165) is 40.8 Å². The minimum Gasteiger partial charge on any atom is -0.206 e. The van der Waals surface area contributed by atoms with Crippen molar-refractivity contribution in [3.63, 3.8) is 0 Å². The van der Waals surface area contributed by atoms with E-state index in [-0.39, 0.29) is 5.82 Å². The van der Waals surface area contributed by atoms with Gasteiger partial charge in [-0.2, -0.15) is 0 Å². The molecule has 1 aliphatic rings. The van der Waals surface area contributed by atoms with E-state index in [4.69, 9.17) is 0 Å². The van der Waals surface area contributed by atoms with E-state index in [2.05, 4.69) is 50.0 Å². The highest BCUT2D eigenvalue weighted by Crippen LogP contribution is 2.36. The highest BCUT2D eigenvalue weighted by molar-refractivity contribution is 5.85. The second-order valence-corrected chi connectivity index (χ2v) is 8.72. The number of hydrogen-bond donors (Lipinski definition) is 0. The van der Waals surface area contributed by atoms with E-state index in [0.29, 0.717) is 11.3 Å². The first kappa shape index (κ1) is 20.7. The fourth-order valence-corrected chi connectivity index (χ4v) is 4.76. The summed E-state index contributed by atoms with van der Waals surface area (Å²) in [4.78, 5) is 0. The number of halogens is 1. The molecular formula is C29H31F. The first-order chi connectivity index (χ1) is 14.7. The van der Waals surface area contributed by atoms with Crippen LogP contribution < -0.4 is 0 Å². The quantitative estimate of drug-likeness (QED) is 0.390. The van der Waals surface area contributed by atoms with Gasteiger partial charge in [0, 0.05) is 16.5 Å². The van der Waals surface area contributed by atoms with Gasteiger partial charge in [0.05, 0.1) is 0 Å². The average molecular weight is 399 g/mol. The molecule has 0 unspecified atom stereocenters. The lowest BCUT2D eigenvalue weighted by molar-refractivity contribution is 0.319. The van der Waals surface area contributed by atoms with E-state index in [1.54, 1.807) is 0 Å². The molecule has 3 aromatic carbocycles. The first-order valence-electron chi connectivity index (χ1n) is 11.5. The van der Waals surface area contributed by atoms with Crippen molar-refractivity contribution in [2.24, 2.45) is 5.92 Å². The van der Waals surface area contributed by atoms with Gasteiger partial charge in [-0.25, -0.2) is 4.39 Å². The van der Waals surface area contributed by atoms with Crippen molar-refractivity contribution in [1.29, 1.82) is 0 Å². The summed E-state index contributed by atoms with van der Waals surface area (Å²) in [6, 6.07) is 18.5. The molecule has 0 spiro atoms.